The number of ether oxygens (including phenoxy) is 1. The number of nitrogens with zero attached hydrogens (tertiary/aromatic N) is 3. The molecule has 3 rings (SSSR count). The highest BCUT2D eigenvalue weighted by atomic mass is 19.2. The van der Waals surface area contributed by atoms with Crippen LogP contribution < -0.4 is 5.73 Å². The standard InChI is InChI=1S/C21H27F3N4O3.CH2O2/c1-21(2,11-30-3)20-26-19(31-27-20)17-5-4-6-28(17)18(29)9-13(25)7-12-8-15(23)16(24)10-14(12)22;2-1-3/h8,10,13,17H,4-7,9,11,25H2,1-3H3;1H,(H,2,3)/t13-,17+;/m1./s1. The van der Waals surface area contributed by atoms with Gasteiger partial charge >= 0.3 is 0 Å². The summed E-state index contributed by atoms with van der Waals surface area (Å²) in [6.07, 6.45) is 1.27. The molecule has 0 unspecified atom stereocenters. The molecule has 1 aromatic carbocycles. The highest BCUT2D eigenvalue weighted by Crippen LogP contribution is 2.33. The van der Waals surface area contributed by atoms with E-state index in [0.717, 1.165) is 12.5 Å². The average molecular weight is 486 g/mol. The van der Waals surface area contributed by atoms with E-state index in [-0.39, 0.29) is 36.8 Å². The number of carbonyl (C=O) groups is 2. The first-order valence-corrected chi connectivity index (χ1v) is 10.6. The Balaban J connectivity index is 0.00000129. The van der Waals surface area contributed by atoms with Gasteiger partial charge in [-0.15, -0.1) is 0 Å². The van der Waals surface area contributed by atoms with Crippen LogP contribution in [-0.2, 0) is 26.2 Å². The molecule has 2 atom stereocenters. The van der Waals surface area contributed by atoms with Gasteiger partial charge in [0.05, 0.1) is 12.0 Å². The third-order valence-corrected chi connectivity index (χ3v) is 5.42. The number of likely N-dealkylation sites (tertiary alicyclic amines) is 1. The van der Waals surface area contributed by atoms with E-state index in [0.29, 0.717) is 37.4 Å². The van der Waals surface area contributed by atoms with Crippen molar-refractivity contribution in [1.82, 2.24) is 15.0 Å². The largest absolute Gasteiger partial charge is 0.483 e. The molecule has 0 radical (unpaired) electrons. The molecule has 0 bridgehead atoms. The van der Waals surface area contributed by atoms with Crippen molar-refractivity contribution in [2.45, 2.75) is 57.0 Å². The lowest BCUT2D eigenvalue weighted by Crippen LogP contribution is -2.36. The molecule has 2 heterocycles. The first-order valence-electron chi connectivity index (χ1n) is 10.6. The monoisotopic (exact) mass is 486 g/mol. The Hall–Kier alpha value is -2.99. The third kappa shape index (κ3) is 6.76. The SMILES string of the molecule is COCC(C)(C)c1noc([C@@H]2CCCN2C(=O)C[C@H](N)Cc2cc(F)c(F)cc2F)n1.O=CO. The van der Waals surface area contributed by atoms with Gasteiger partial charge in [0, 0.05) is 32.2 Å². The molecule has 2 aromatic rings. The van der Waals surface area contributed by atoms with Crippen LogP contribution in [0.25, 0.3) is 0 Å². The fraction of sp³-hybridized carbons (Fsp3) is 0.545. The van der Waals surface area contributed by atoms with Crippen molar-refractivity contribution in [2.24, 2.45) is 5.73 Å². The average Bonchev–Trinajstić information content (AvgIpc) is 3.42. The van der Waals surface area contributed by atoms with Gasteiger partial charge in [0.25, 0.3) is 6.47 Å². The van der Waals surface area contributed by atoms with E-state index < -0.39 is 28.9 Å². The summed E-state index contributed by atoms with van der Waals surface area (Å²) >= 11 is 0. The van der Waals surface area contributed by atoms with Gasteiger partial charge in [-0.05, 0) is 30.9 Å². The molecule has 1 aliphatic rings. The number of benzene rings is 1. The molecule has 188 valence electrons. The molecular weight excluding hydrogens is 457 g/mol. The van der Waals surface area contributed by atoms with Crippen LogP contribution in [0.1, 0.15) is 56.4 Å². The summed E-state index contributed by atoms with van der Waals surface area (Å²) in [6.45, 7) is 4.53. The van der Waals surface area contributed by atoms with Gasteiger partial charge in [-0.25, -0.2) is 13.2 Å². The second-order valence-corrected chi connectivity index (χ2v) is 8.65. The van der Waals surface area contributed by atoms with Crippen molar-refractivity contribution in [2.75, 3.05) is 20.3 Å². The second kappa shape index (κ2) is 11.9. The van der Waals surface area contributed by atoms with Crippen molar-refractivity contribution in [3.8, 4) is 0 Å². The number of hydrogen-bond donors (Lipinski definition) is 2. The summed E-state index contributed by atoms with van der Waals surface area (Å²) in [5.74, 6) is -2.71. The Morgan fingerprint density at radius 2 is 2.00 bits per heavy atom. The zero-order valence-electron chi connectivity index (χ0n) is 19.3. The Labute approximate surface area is 195 Å². The quantitative estimate of drug-likeness (QED) is 0.430. The smallest absolute Gasteiger partial charge is 0.290 e. The van der Waals surface area contributed by atoms with Crippen molar-refractivity contribution < 1.29 is 37.1 Å². The van der Waals surface area contributed by atoms with Gasteiger partial charge in [-0.3, -0.25) is 9.59 Å². The minimum absolute atomic E-state index is 0.0703. The number of carbonyl (C=O) groups excluding carboxylic acids is 1. The number of hydrogen-bond acceptors (Lipinski definition) is 7. The summed E-state index contributed by atoms with van der Waals surface area (Å²) in [4.78, 5) is 27.3. The molecule has 0 spiro atoms. The van der Waals surface area contributed by atoms with Crippen molar-refractivity contribution >= 4 is 12.4 Å². The molecule has 1 amide bonds. The number of aromatic nitrogens is 2. The summed E-state index contributed by atoms with van der Waals surface area (Å²) in [7, 11) is 1.59. The van der Waals surface area contributed by atoms with E-state index in [1.807, 2.05) is 13.8 Å². The number of carboxylic acid groups (broad SMARTS) is 1. The lowest BCUT2D eigenvalue weighted by atomic mass is 9.94. The number of rotatable bonds is 8. The van der Waals surface area contributed by atoms with Crippen LogP contribution in [0.3, 0.4) is 0 Å². The van der Waals surface area contributed by atoms with Crippen LogP contribution in [-0.4, -0.2) is 58.8 Å². The summed E-state index contributed by atoms with van der Waals surface area (Å²) < 4.78 is 51.0. The number of amides is 1. The topological polar surface area (TPSA) is 132 Å². The minimum Gasteiger partial charge on any atom is -0.483 e. The number of halogens is 3. The molecule has 34 heavy (non-hydrogen) atoms. The minimum atomic E-state index is -1.27. The van der Waals surface area contributed by atoms with Crippen molar-refractivity contribution in [3.05, 3.63) is 46.9 Å². The van der Waals surface area contributed by atoms with Crippen LogP contribution >= 0.6 is 0 Å². The second-order valence-electron chi connectivity index (χ2n) is 8.65. The van der Waals surface area contributed by atoms with Crippen molar-refractivity contribution in [3.63, 3.8) is 0 Å². The Morgan fingerprint density at radius 1 is 1.35 bits per heavy atom. The van der Waals surface area contributed by atoms with E-state index >= 15 is 0 Å². The van der Waals surface area contributed by atoms with Gasteiger partial charge in [0.15, 0.2) is 17.5 Å². The molecule has 0 saturated carbocycles. The van der Waals surface area contributed by atoms with E-state index in [9.17, 15) is 18.0 Å². The predicted octanol–water partition coefficient (Wildman–Crippen LogP) is 2.74. The Bertz CT molecular complexity index is 985. The van der Waals surface area contributed by atoms with E-state index in [4.69, 9.17) is 24.9 Å². The molecule has 1 aliphatic heterocycles. The fourth-order valence-corrected chi connectivity index (χ4v) is 3.81. The van der Waals surface area contributed by atoms with E-state index in [1.54, 1.807) is 12.0 Å². The Kier molecular flexibility index (Phi) is 9.56. The predicted molar refractivity (Wildman–Crippen MR) is 114 cm³/mol. The third-order valence-electron chi connectivity index (χ3n) is 5.42. The van der Waals surface area contributed by atoms with Crippen LogP contribution in [0.15, 0.2) is 16.7 Å². The van der Waals surface area contributed by atoms with Gasteiger partial charge in [0.1, 0.15) is 11.9 Å². The maximum absolute atomic E-state index is 13.9. The van der Waals surface area contributed by atoms with Gasteiger partial charge in [0.2, 0.25) is 11.8 Å². The highest BCUT2D eigenvalue weighted by molar-refractivity contribution is 5.77. The molecule has 1 aromatic heterocycles. The normalized spacial score (nSPS) is 16.7. The van der Waals surface area contributed by atoms with E-state index in [1.165, 1.54) is 0 Å². The van der Waals surface area contributed by atoms with Gasteiger partial charge in [-0.2, -0.15) is 4.98 Å². The number of methoxy groups -OCH3 is 1. The number of nitrogens with two attached hydrogens (primary N) is 1. The van der Waals surface area contributed by atoms with E-state index in [2.05, 4.69) is 10.1 Å². The van der Waals surface area contributed by atoms with Crippen LogP contribution in [0.4, 0.5) is 13.2 Å². The molecular formula is C22H29F3N4O5. The summed E-state index contributed by atoms with van der Waals surface area (Å²) in [6, 6.07) is 0.134. The first kappa shape index (κ1) is 27.3. The molecule has 9 nitrogen and oxygen atoms in total. The lowest BCUT2D eigenvalue weighted by molar-refractivity contribution is -0.133. The lowest BCUT2D eigenvalue weighted by Gasteiger charge is -2.24. The molecule has 3 N–H and O–H groups in total. The van der Waals surface area contributed by atoms with Crippen LogP contribution in [0.5, 0.6) is 0 Å². The van der Waals surface area contributed by atoms with Gasteiger partial charge in [-0.1, -0.05) is 19.0 Å². The zero-order chi connectivity index (χ0) is 25.5. The molecule has 0 aliphatic carbocycles. The van der Waals surface area contributed by atoms with Crippen LogP contribution in [0, 0.1) is 17.5 Å². The molecule has 12 heteroatoms. The maximum Gasteiger partial charge on any atom is 0.290 e. The maximum atomic E-state index is 13.9. The van der Waals surface area contributed by atoms with Gasteiger partial charge < -0.3 is 25.0 Å². The fourth-order valence-electron chi connectivity index (χ4n) is 3.81. The highest BCUT2D eigenvalue weighted by Gasteiger charge is 2.36. The summed E-state index contributed by atoms with van der Waals surface area (Å²) in [5, 5.41) is 10.9. The first-order chi connectivity index (χ1) is 16.0. The Morgan fingerprint density at radius 3 is 2.65 bits per heavy atom. The zero-order valence-corrected chi connectivity index (χ0v) is 19.3. The summed E-state index contributed by atoms with van der Waals surface area (Å²) in [5.41, 5.74) is 5.50. The van der Waals surface area contributed by atoms with Crippen molar-refractivity contribution in [1.29, 1.82) is 0 Å². The molecule has 1 saturated heterocycles. The molecule has 1 fully saturated rings. The van der Waals surface area contributed by atoms with Crippen LogP contribution in [0.2, 0.25) is 0 Å².